The first kappa shape index (κ1) is 11.4. The van der Waals surface area contributed by atoms with Crippen LogP contribution in [0, 0.1) is 0 Å². The van der Waals surface area contributed by atoms with E-state index in [1.807, 2.05) is 11.9 Å². The Morgan fingerprint density at radius 1 is 1.67 bits per heavy atom. The minimum absolute atomic E-state index is 0.193. The van der Waals surface area contributed by atoms with Gasteiger partial charge in [0.25, 0.3) is 0 Å². The van der Waals surface area contributed by atoms with E-state index in [2.05, 4.69) is 0 Å². The summed E-state index contributed by atoms with van der Waals surface area (Å²) in [6.07, 6.45) is 0.921. The number of likely N-dealkylation sites (N-methyl/N-ethyl adjacent to an activating group) is 1. The minimum atomic E-state index is -0.282. The van der Waals surface area contributed by atoms with Crippen molar-refractivity contribution < 1.29 is 9.53 Å². The number of carbonyl (C=O) groups is 1. The molecule has 4 nitrogen and oxygen atoms in total. The van der Waals surface area contributed by atoms with Gasteiger partial charge in [0.2, 0.25) is 5.91 Å². The van der Waals surface area contributed by atoms with Crippen LogP contribution in [0.25, 0.3) is 0 Å². The Hall–Kier alpha value is -0.610. The van der Waals surface area contributed by atoms with Crippen molar-refractivity contribution in [2.45, 2.75) is 19.4 Å². The van der Waals surface area contributed by atoms with Crippen molar-refractivity contribution in [2.24, 2.45) is 5.73 Å². The summed E-state index contributed by atoms with van der Waals surface area (Å²) in [7, 11) is 3.54. The molecule has 0 aromatic carbocycles. The van der Waals surface area contributed by atoms with E-state index in [0.29, 0.717) is 0 Å². The average molecular weight is 174 g/mol. The molecule has 0 aromatic rings. The average Bonchev–Trinajstić information content (AvgIpc) is 2.03. The fourth-order valence-electron chi connectivity index (χ4n) is 0.869. The van der Waals surface area contributed by atoms with E-state index in [1.54, 1.807) is 14.0 Å². The maximum Gasteiger partial charge on any atom is 0.234 e. The van der Waals surface area contributed by atoms with Crippen LogP contribution in [0.4, 0.5) is 0 Å². The van der Waals surface area contributed by atoms with Gasteiger partial charge in [-0.15, -0.1) is 0 Å². The predicted octanol–water partition coefficient (Wildman–Crippen LogP) is -0.171. The van der Waals surface area contributed by atoms with Crippen LogP contribution in [0.15, 0.2) is 0 Å². The van der Waals surface area contributed by atoms with Crippen LogP contribution in [0.1, 0.15) is 13.3 Å². The van der Waals surface area contributed by atoms with Gasteiger partial charge in [-0.1, -0.05) is 0 Å². The molecule has 4 heteroatoms. The van der Waals surface area contributed by atoms with E-state index >= 15 is 0 Å². The highest BCUT2D eigenvalue weighted by atomic mass is 16.5. The first-order chi connectivity index (χ1) is 5.59. The Labute approximate surface area is 73.7 Å². The second-order valence-electron chi connectivity index (χ2n) is 2.91. The fraction of sp³-hybridized carbons (Fsp3) is 0.875. The number of amides is 1. The molecule has 0 aliphatic rings. The van der Waals surface area contributed by atoms with Crippen molar-refractivity contribution in [3.63, 3.8) is 0 Å². The topological polar surface area (TPSA) is 55.6 Å². The van der Waals surface area contributed by atoms with Gasteiger partial charge < -0.3 is 10.5 Å². The first-order valence-corrected chi connectivity index (χ1v) is 4.08. The zero-order valence-corrected chi connectivity index (χ0v) is 8.04. The molecule has 0 saturated heterocycles. The van der Waals surface area contributed by atoms with E-state index in [4.69, 9.17) is 10.5 Å². The second-order valence-corrected chi connectivity index (χ2v) is 2.91. The summed E-state index contributed by atoms with van der Waals surface area (Å²) < 4.78 is 4.89. The summed E-state index contributed by atoms with van der Waals surface area (Å²) >= 11 is 0. The summed E-state index contributed by atoms with van der Waals surface area (Å²) in [6.45, 7) is 3.35. The third kappa shape index (κ3) is 4.31. The van der Waals surface area contributed by atoms with Crippen LogP contribution < -0.4 is 5.73 Å². The first-order valence-electron chi connectivity index (χ1n) is 4.08. The Morgan fingerprint density at radius 2 is 2.25 bits per heavy atom. The fourth-order valence-corrected chi connectivity index (χ4v) is 0.869. The molecule has 0 spiro atoms. The van der Waals surface area contributed by atoms with Gasteiger partial charge in [0, 0.05) is 20.3 Å². The molecule has 1 atom stereocenters. The van der Waals surface area contributed by atoms with Crippen LogP contribution in [0.2, 0.25) is 0 Å². The molecular weight excluding hydrogens is 156 g/mol. The quantitative estimate of drug-likeness (QED) is 0.569. The summed E-state index contributed by atoms with van der Waals surface area (Å²) in [4.78, 5) is 12.6. The van der Waals surface area contributed by atoms with Crippen molar-refractivity contribution in [1.29, 1.82) is 0 Å². The number of methoxy groups -OCH3 is 1. The lowest BCUT2D eigenvalue weighted by Crippen LogP contribution is -2.40. The standard InChI is InChI=1S/C8H18N2O2/c1-7(8(9)11)10(2)5-4-6-12-3/h7H,4-6H2,1-3H3,(H2,9,11). The molecule has 0 aliphatic carbocycles. The zero-order valence-electron chi connectivity index (χ0n) is 8.04. The smallest absolute Gasteiger partial charge is 0.234 e. The predicted molar refractivity (Wildman–Crippen MR) is 47.8 cm³/mol. The molecular formula is C8H18N2O2. The molecule has 0 saturated carbocycles. The lowest BCUT2D eigenvalue weighted by molar-refractivity contribution is -0.122. The van der Waals surface area contributed by atoms with Gasteiger partial charge in [-0.2, -0.15) is 0 Å². The van der Waals surface area contributed by atoms with Gasteiger partial charge in [-0.25, -0.2) is 0 Å². The number of rotatable bonds is 6. The molecule has 1 unspecified atom stereocenters. The second kappa shape index (κ2) is 5.97. The highest BCUT2D eigenvalue weighted by Crippen LogP contribution is 1.95. The number of ether oxygens (including phenoxy) is 1. The molecule has 0 aromatic heterocycles. The number of hydrogen-bond acceptors (Lipinski definition) is 3. The third-order valence-corrected chi connectivity index (χ3v) is 1.93. The summed E-state index contributed by atoms with van der Waals surface area (Å²) in [5.41, 5.74) is 5.13. The van der Waals surface area contributed by atoms with E-state index in [9.17, 15) is 4.79 Å². The van der Waals surface area contributed by atoms with Crippen LogP contribution >= 0.6 is 0 Å². The van der Waals surface area contributed by atoms with E-state index < -0.39 is 0 Å². The van der Waals surface area contributed by atoms with Crippen molar-refractivity contribution in [3.8, 4) is 0 Å². The molecule has 0 radical (unpaired) electrons. The molecule has 0 rings (SSSR count). The minimum Gasteiger partial charge on any atom is -0.385 e. The molecule has 2 N–H and O–H groups in total. The lowest BCUT2D eigenvalue weighted by Gasteiger charge is -2.21. The summed E-state index contributed by atoms with van der Waals surface area (Å²) in [5.74, 6) is -0.282. The molecule has 0 fully saturated rings. The Kier molecular flexibility index (Phi) is 5.66. The lowest BCUT2D eigenvalue weighted by atomic mass is 10.2. The number of nitrogens with two attached hydrogens (primary N) is 1. The summed E-state index contributed by atoms with van der Waals surface area (Å²) in [6, 6.07) is -0.193. The van der Waals surface area contributed by atoms with Gasteiger partial charge in [0.05, 0.1) is 6.04 Å². The van der Waals surface area contributed by atoms with E-state index in [1.165, 1.54) is 0 Å². The monoisotopic (exact) mass is 174 g/mol. The van der Waals surface area contributed by atoms with Crippen LogP contribution in [0.5, 0.6) is 0 Å². The molecule has 0 bridgehead atoms. The van der Waals surface area contributed by atoms with E-state index in [0.717, 1.165) is 19.6 Å². The van der Waals surface area contributed by atoms with Gasteiger partial charge in [0.15, 0.2) is 0 Å². The van der Waals surface area contributed by atoms with Crippen LogP contribution in [-0.2, 0) is 9.53 Å². The van der Waals surface area contributed by atoms with Crippen molar-refractivity contribution in [1.82, 2.24) is 4.90 Å². The Bertz CT molecular complexity index is 139. The molecule has 1 amide bonds. The highest BCUT2D eigenvalue weighted by Gasteiger charge is 2.13. The van der Waals surface area contributed by atoms with E-state index in [-0.39, 0.29) is 11.9 Å². The van der Waals surface area contributed by atoms with Gasteiger partial charge in [-0.3, -0.25) is 9.69 Å². The van der Waals surface area contributed by atoms with Crippen molar-refractivity contribution >= 4 is 5.91 Å². The Morgan fingerprint density at radius 3 is 2.67 bits per heavy atom. The largest absolute Gasteiger partial charge is 0.385 e. The third-order valence-electron chi connectivity index (χ3n) is 1.93. The van der Waals surface area contributed by atoms with Gasteiger partial charge in [-0.05, 0) is 20.4 Å². The van der Waals surface area contributed by atoms with Crippen LogP contribution in [0.3, 0.4) is 0 Å². The molecule has 12 heavy (non-hydrogen) atoms. The van der Waals surface area contributed by atoms with Gasteiger partial charge >= 0.3 is 0 Å². The van der Waals surface area contributed by atoms with Crippen molar-refractivity contribution in [3.05, 3.63) is 0 Å². The number of carbonyl (C=O) groups excluding carboxylic acids is 1. The maximum atomic E-state index is 10.7. The summed E-state index contributed by atoms with van der Waals surface area (Å²) in [5, 5.41) is 0. The van der Waals surface area contributed by atoms with Gasteiger partial charge in [0.1, 0.15) is 0 Å². The zero-order chi connectivity index (χ0) is 9.56. The van der Waals surface area contributed by atoms with Crippen molar-refractivity contribution in [2.75, 3.05) is 27.3 Å². The molecule has 0 aliphatic heterocycles. The SMILES string of the molecule is COCCCN(C)C(C)C(N)=O. The molecule has 72 valence electrons. The number of nitrogens with zero attached hydrogens (tertiary/aromatic N) is 1. The molecule has 0 heterocycles. The Balaban J connectivity index is 3.56. The highest BCUT2D eigenvalue weighted by molar-refractivity contribution is 5.79. The number of primary amides is 1. The van der Waals surface area contributed by atoms with Crippen LogP contribution in [-0.4, -0.2) is 44.2 Å². The maximum absolute atomic E-state index is 10.7. The normalized spacial score (nSPS) is 13.3. The number of hydrogen-bond donors (Lipinski definition) is 1.